The summed E-state index contributed by atoms with van der Waals surface area (Å²) in [5, 5.41) is 3.22. The normalized spacial score (nSPS) is 18.7. The van der Waals surface area contributed by atoms with Crippen LogP contribution in [0.1, 0.15) is 28.9 Å². The minimum absolute atomic E-state index is 0.329. The molecule has 0 bridgehead atoms. The molecule has 1 unspecified atom stereocenters. The summed E-state index contributed by atoms with van der Waals surface area (Å²) in [4.78, 5) is 18.4. The van der Waals surface area contributed by atoms with E-state index in [1.165, 1.54) is 20.0 Å². The molecule has 1 aromatic heterocycles. The van der Waals surface area contributed by atoms with Gasteiger partial charge in [-0.3, -0.25) is 0 Å². The lowest BCUT2D eigenvalue weighted by Gasteiger charge is -2.26. The van der Waals surface area contributed by atoms with E-state index >= 15 is 0 Å². The average Bonchev–Trinajstić information content (AvgIpc) is 2.86. The number of aromatic nitrogens is 1. The molecule has 1 aliphatic rings. The largest absolute Gasteiger partial charge is 0.465 e. The zero-order chi connectivity index (χ0) is 13.8. The van der Waals surface area contributed by atoms with Crippen molar-refractivity contribution in [3.63, 3.8) is 0 Å². The summed E-state index contributed by atoms with van der Waals surface area (Å²) in [5.41, 5.74) is 1.26. The predicted octanol–water partition coefficient (Wildman–Crippen LogP) is 1.36. The van der Waals surface area contributed by atoms with Crippen molar-refractivity contribution in [2.24, 2.45) is 0 Å². The molecule has 5 heteroatoms. The van der Waals surface area contributed by atoms with Gasteiger partial charge in [-0.05, 0) is 38.9 Å². The summed E-state index contributed by atoms with van der Waals surface area (Å²) in [6, 6.07) is 4.20. The monoisotopic (exact) mass is 263 g/mol. The van der Waals surface area contributed by atoms with Crippen molar-refractivity contribution in [2.75, 3.05) is 32.1 Å². The molecule has 0 radical (unpaired) electrons. The molecule has 1 fully saturated rings. The molecule has 5 nitrogen and oxygen atoms in total. The fraction of sp³-hybridized carbons (Fsp3) is 0.571. The zero-order valence-electron chi connectivity index (χ0n) is 11.8. The van der Waals surface area contributed by atoms with E-state index in [1.54, 1.807) is 6.07 Å². The van der Waals surface area contributed by atoms with Gasteiger partial charge >= 0.3 is 5.97 Å². The Morgan fingerprint density at radius 2 is 2.37 bits per heavy atom. The van der Waals surface area contributed by atoms with Crippen LogP contribution in [0.3, 0.4) is 0 Å². The summed E-state index contributed by atoms with van der Waals surface area (Å²) in [7, 11) is 3.36. The molecule has 1 saturated heterocycles. The van der Waals surface area contributed by atoms with Crippen molar-refractivity contribution in [3.05, 3.63) is 23.4 Å². The zero-order valence-corrected chi connectivity index (χ0v) is 11.8. The van der Waals surface area contributed by atoms with Crippen LogP contribution >= 0.6 is 0 Å². The van der Waals surface area contributed by atoms with Gasteiger partial charge in [0, 0.05) is 19.1 Å². The number of anilines is 1. The molecular weight excluding hydrogens is 242 g/mol. The maximum Gasteiger partial charge on any atom is 0.339 e. The topological polar surface area (TPSA) is 54.5 Å². The lowest BCUT2D eigenvalue weighted by Crippen LogP contribution is -2.37. The Bertz CT molecular complexity index is 462. The standard InChI is InChI=1S/C14H21N3O2/c1-10-12(14(18)19-3)6-7-13(16-10)17-8-4-5-11(17)9-15-2/h6-7,11,15H,4-5,8-9H2,1-3H3. The van der Waals surface area contributed by atoms with Gasteiger partial charge in [-0.2, -0.15) is 0 Å². The van der Waals surface area contributed by atoms with Gasteiger partial charge in [-0.25, -0.2) is 9.78 Å². The number of hydrogen-bond acceptors (Lipinski definition) is 5. The SMILES string of the molecule is CNCC1CCCN1c1ccc(C(=O)OC)c(C)n1. The van der Waals surface area contributed by atoms with Crippen LogP contribution in [0.15, 0.2) is 12.1 Å². The highest BCUT2D eigenvalue weighted by Gasteiger charge is 2.25. The van der Waals surface area contributed by atoms with E-state index in [0.717, 1.165) is 24.6 Å². The van der Waals surface area contributed by atoms with Crippen molar-refractivity contribution in [3.8, 4) is 0 Å². The Kier molecular flexibility index (Phi) is 4.37. The number of ether oxygens (including phenoxy) is 1. The fourth-order valence-corrected chi connectivity index (χ4v) is 2.62. The lowest BCUT2D eigenvalue weighted by atomic mass is 10.2. The van der Waals surface area contributed by atoms with Crippen LogP contribution in [0.2, 0.25) is 0 Å². The van der Waals surface area contributed by atoms with Crippen LogP contribution in [0, 0.1) is 6.92 Å². The second-order valence-electron chi connectivity index (χ2n) is 4.84. The molecule has 0 saturated carbocycles. The second kappa shape index (κ2) is 6.02. The van der Waals surface area contributed by atoms with E-state index in [-0.39, 0.29) is 5.97 Å². The number of nitrogens with zero attached hydrogens (tertiary/aromatic N) is 2. The first-order valence-electron chi connectivity index (χ1n) is 6.64. The van der Waals surface area contributed by atoms with Crippen LogP contribution in [-0.4, -0.2) is 44.2 Å². The number of pyridine rings is 1. The molecule has 104 valence electrons. The molecule has 0 aromatic carbocycles. The van der Waals surface area contributed by atoms with Gasteiger partial charge in [0.25, 0.3) is 0 Å². The third-order valence-electron chi connectivity index (χ3n) is 3.59. The van der Waals surface area contributed by atoms with Gasteiger partial charge in [-0.15, -0.1) is 0 Å². The van der Waals surface area contributed by atoms with E-state index in [1.807, 2.05) is 20.0 Å². The summed E-state index contributed by atoms with van der Waals surface area (Å²) in [5.74, 6) is 0.618. The van der Waals surface area contributed by atoms with Crippen LogP contribution in [0.5, 0.6) is 0 Å². The first kappa shape index (κ1) is 13.8. The van der Waals surface area contributed by atoms with E-state index in [4.69, 9.17) is 4.74 Å². The quantitative estimate of drug-likeness (QED) is 0.831. The Hall–Kier alpha value is -1.62. The molecule has 1 aromatic rings. The summed E-state index contributed by atoms with van der Waals surface area (Å²) in [6.07, 6.45) is 2.37. The van der Waals surface area contributed by atoms with Crippen molar-refractivity contribution in [1.82, 2.24) is 10.3 Å². The second-order valence-corrected chi connectivity index (χ2v) is 4.84. The molecule has 0 spiro atoms. The molecule has 19 heavy (non-hydrogen) atoms. The lowest BCUT2D eigenvalue weighted by molar-refractivity contribution is 0.0599. The van der Waals surface area contributed by atoms with Crippen molar-refractivity contribution >= 4 is 11.8 Å². The van der Waals surface area contributed by atoms with E-state index in [0.29, 0.717) is 11.6 Å². The Morgan fingerprint density at radius 3 is 3.00 bits per heavy atom. The number of methoxy groups -OCH3 is 1. The Balaban J connectivity index is 2.22. The molecule has 1 atom stereocenters. The average molecular weight is 263 g/mol. The first-order chi connectivity index (χ1) is 9.17. The minimum Gasteiger partial charge on any atom is -0.465 e. The van der Waals surface area contributed by atoms with Gasteiger partial charge in [-0.1, -0.05) is 0 Å². The molecule has 2 rings (SSSR count). The number of hydrogen-bond donors (Lipinski definition) is 1. The molecule has 0 aliphatic carbocycles. The summed E-state index contributed by atoms with van der Waals surface area (Å²) in [6.45, 7) is 3.83. The van der Waals surface area contributed by atoms with Crippen LogP contribution in [0.4, 0.5) is 5.82 Å². The van der Waals surface area contributed by atoms with Crippen LogP contribution < -0.4 is 10.2 Å². The first-order valence-corrected chi connectivity index (χ1v) is 6.64. The molecule has 1 aliphatic heterocycles. The van der Waals surface area contributed by atoms with E-state index in [9.17, 15) is 4.79 Å². The van der Waals surface area contributed by atoms with Gasteiger partial charge in [0.1, 0.15) is 5.82 Å². The Labute approximate surface area is 114 Å². The maximum atomic E-state index is 11.5. The number of carbonyl (C=O) groups excluding carboxylic acids is 1. The van der Waals surface area contributed by atoms with Crippen molar-refractivity contribution < 1.29 is 9.53 Å². The number of nitrogens with one attached hydrogen (secondary N) is 1. The molecular formula is C14H21N3O2. The number of carbonyl (C=O) groups is 1. The van der Waals surface area contributed by atoms with Gasteiger partial charge in [0.05, 0.1) is 18.4 Å². The Morgan fingerprint density at radius 1 is 1.58 bits per heavy atom. The highest BCUT2D eigenvalue weighted by atomic mass is 16.5. The minimum atomic E-state index is -0.329. The fourth-order valence-electron chi connectivity index (χ4n) is 2.62. The maximum absolute atomic E-state index is 11.5. The molecule has 1 N–H and O–H groups in total. The van der Waals surface area contributed by atoms with Crippen LogP contribution in [0.25, 0.3) is 0 Å². The smallest absolute Gasteiger partial charge is 0.339 e. The summed E-state index contributed by atoms with van der Waals surface area (Å²) >= 11 is 0. The highest BCUT2D eigenvalue weighted by Crippen LogP contribution is 2.24. The third kappa shape index (κ3) is 2.87. The predicted molar refractivity (Wildman–Crippen MR) is 74.6 cm³/mol. The van der Waals surface area contributed by atoms with Gasteiger partial charge in [0.15, 0.2) is 0 Å². The van der Waals surface area contributed by atoms with Crippen molar-refractivity contribution in [2.45, 2.75) is 25.8 Å². The number of esters is 1. The van der Waals surface area contributed by atoms with Crippen molar-refractivity contribution in [1.29, 1.82) is 0 Å². The molecule has 2 heterocycles. The third-order valence-corrected chi connectivity index (χ3v) is 3.59. The van der Waals surface area contributed by atoms with Crippen LogP contribution in [-0.2, 0) is 4.74 Å². The number of rotatable bonds is 4. The highest BCUT2D eigenvalue weighted by molar-refractivity contribution is 5.90. The number of aryl methyl sites for hydroxylation is 1. The van der Waals surface area contributed by atoms with E-state index < -0.39 is 0 Å². The summed E-state index contributed by atoms with van der Waals surface area (Å²) < 4.78 is 4.74. The van der Waals surface area contributed by atoms with Gasteiger partial charge < -0.3 is 15.0 Å². The number of likely N-dealkylation sites (N-methyl/N-ethyl adjacent to an activating group) is 1. The van der Waals surface area contributed by atoms with E-state index in [2.05, 4.69) is 15.2 Å². The van der Waals surface area contributed by atoms with Gasteiger partial charge in [0.2, 0.25) is 0 Å². The molecule has 0 amide bonds.